The minimum absolute atomic E-state index is 0.0264. The quantitative estimate of drug-likeness (QED) is 0.889. The standard InChI is InChI=1S/C17H23N5O2/c1-11(2)14(18-17(24)12-8-16(23)21(3)9-12)10-22-15-7-5-4-6-13(15)19-20-22/h4-7,11-12,14H,8-10H2,1-3H3,(H,18,24)/t12?,14-/m1/s1. The molecule has 2 amide bonds. The molecule has 3 rings (SSSR count). The van der Waals surface area contributed by atoms with Gasteiger partial charge in [0.05, 0.1) is 24.0 Å². The number of nitrogens with zero attached hydrogens (tertiary/aromatic N) is 4. The number of para-hydroxylation sites is 1. The molecule has 128 valence electrons. The summed E-state index contributed by atoms with van der Waals surface area (Å²) < 4.78 is 1.83. The molecular formula is C17H23N5O2. The van der Waals surface area contributed by atoms with Crippen molar-refractivity contribution < 1.29 is 9.59 Å². The number of benzene rings is 1. The van der Waals surface area contributed by atoms with E-state index in [0.29, 0.717) is 19.5 Å². The number of likely N-dealkylation sites (tertiary alicyclic amines) is 1. The smallest absolute Gasteiger partial charge is 0.225 e. The molecule has 2 atom stereocenters. The second-order valence-electron chi connectivity index (χ2n) is 6.79. The van der Waals surface area contributed by atoms with Crippen molar-refractivity contribution in [2.24, 2.45) is 11.8 Å². The van der Waals surface area contributed by atoms with E-state index in [9.17, 15) is 9.59 Å². The highest BCUT2D eigenvalue weighted by Gasteiger charge is 2.33. The van der Waals surface area contributed by atoms with Crippen LogP contribution in [0.15, 0.2) is 24.3 Å². The number of hydrogen-bond donors (Lipinski definition) is 1. The first kappa shape index (κ1) is 16.4. The van der Waals surface area contributed by atoms with Crippen LogP contribution in [0.4, 0.5) is 0 Å². The third-order valence-electron chi connectivity index (χ3n) is 4.63. The van der Waals surface area contributed by atoms with Gasteiger partial charge >= 0.3 is 0 Å². The minimum atomic E-state index is -0.267. The molecule has 0 spiro atoms. The zero-order valence-electron chi connectivity index (χ0n) is 14.3. The van der Waals surface area contributed by atoms with Gasteiger partial charge in [0.1, 0.15) is 5.52 Å². The summed E-state index contributed by atoms with van der Waals surface area (Å²) in [4.78, 5) is 25.8. The Morgan fingerprint density at radius 3 is 2.79 bits per heavy atom. The second kappa shape index (κ2) is 6.59. The topological polar surface area (TPSA) is 80.1 Å². The normalized spacial score (nSPS) is 19.2. The SMILES string of the molecule is CC(C)[C@@H](Cn1nnc2ccccc21)NC(=O)C1CC(=O)N(C)C1. The minimum Gasteiger partial charge on any atom is -0.351 e. The van der Waals surface area contributed by atoms with Crippen molar-refractivity contribution in [3.63, 3.8) is 0 Å². The van der Waals surface area contributed by atoms with E-state index in [0.717, 1.165) is 11.0 Å². The Kier molecular flexibility index (Phi) is 4.51. The Bertz CT molecular complexity index is 754. The number of aromatic nitrogens is 3. The summed E-state index contributed by atoms with van der Waals surface area (Å²) in [7, 11) is 1.73. The van der Waals surface area contributed by atoms with Gasteiger partial charge in [-0.05, 0) is 18.1 Å². The van der Waals surface area contributed by atoms with Gasteiger partial charge in [0.25, 0.3) is 0 Å². The predicted molar refractivity (Wildman–Crippen MR) is 90.0 cm³/mol. The monoisotopic (exact) mass is 329 g/mol. The Balaban J connectivity index is 1.71. The van der Waals surface area contributed by atoms with Crippen LogP contribution in [-0.2, 0) is 16.1 Å². The number of carbonyl (C=O) groups excluding carboxylic acids is 2. The maximum atomic E-state index is 12.5. The summed E-state index contributed by atoms with van der Waals surface area (Å²) in [6.07, 6.45) is 0.291. The fraction of sp³-hybridized carbons (Fsp3) is 0.529. The van der Waals surface area contributed by atoms with Gasteiger partial charge in [0, 0.05) is 20.0 Å². The number of nitrogens with one attached hydrogen (secondary N) is 1. The summed E-state index contributed by atoms with van der Waals surface area (Å²) >= 11 is 0. The Hall–Kier alpha value is -2.44. The van der Waals surface area contributed by atoms with E-state index in [1.807, 2.05) is 28.9 Å². The van der Waals surface area contributed by atoms with Crippen molar-refractivity contribution in [1.82, 2.24) is 25.2 Å². The zero-order valence-corrected chi connectivity index (χ0v) is 14.3. The Labute approximate surface area is 141 Å². The average Bonchev–Trinajstić information content (AvgIpc) is 3.11. The van der Waals surface area contributed by atoms with Crippen LogP contribution < -0.4 is 5.32 Å². The van der Waals surface area contributed by atoms with Crippen molar-refractivity contribution in [2.45, 2.75) is 32.9 Å². The molecule has 1 unspecified atom stereocenters. The molecule has 1 fully saturated rings. The Morgan fingerprint density at radius 1 is 1.38 bits per heavy atom. The lowest BCUT2D eigenvalue weighted by atomic mass is 10.0. The van der Waals surface area contributed by atoms with Crippen LogP contribution in [0, 0.1) is 11.8 Å². The molecule has 0 aliphatic carbocycles. The molecule has 1 aromatic carbocycles. The zero-order chi connectivity index (χ0) is 17.3. The van der Waals surface area contributed by atoms with Gasteiger partial charge in [-0.3, -0.25) is 9.59 Å². The van der Waals surface area contributed by atoms with Gasteiger partial charge in [-0.15, -0.1) is 5.10 Å². The number of rotatable bonds is 5. The average molecular weight is 329 g/mol. The molecule has 7 heteroatoms. The molecule has 0 saturated carbocycles. The van der Waals surface area contributed by atoms with Crippen molar-refractivity contribution in [3.8, 4) is 0 Å². The first-order valence-electron chi connectivity index (χ1n) is 8.28. The van der Waals surface area contributed by atoms with Gasteiger partial charge in [-0.2, -0.15) is 0 Å². The summed E-state index contributed by atoms with van der Waals surface area (Å²) in [5.41, 5.74) is 1.79. The van der Waals surface area contributed by atoms with Crippen LogP contribution in [-0.4, -0.2) is 51.3 Å². The first-order valence-corrected chi connectivity index (χ1v) is 8.28. The highest BCUT2D eigenvalue weighted by molar-refractivity contribution is 5.89. The van der Waals surface area contributed by atoms with Gasteiger partial charge in [0.15, 0.2) is 0 Å². The summed E-state index contributed by atoms with van der Waals surface area (Å²) in [6.45, 7) is 5.17. The van der Waals surface area contributed by atoms with E-state index in [1.165, 1.54) is 0 Å². The van der Waals surface area contributed by atoms with E-state index in [1.54, 1.807) is 11.9 Å². The largest absolute Gasteiger partial charge is 0.351 e. The van der Waals surface area contributed by atoms with E-state index >= 15 is 0 Å². The Morgan fingerprint density at radius 2 is 2.12 bits per heavy atom. The molecule has 2 heterocycles. The van der Waals surface area contributed by atoms with Crippen molar-refractivity contribution in [1.29, 1.82) is 0 Å². The van der Waals surface area contributed by atoms with E-state index in [2.05, 4.69) is 29.5 Å². The van der Waals surface area contributed by atoms with Crippen LogP contribution in [0.5, 0.6) is 0 Å². The van der Waals surface area contributed by atoms with Crippen LogP contribution >= 0.6 is 0 Å². The van der Waals surface area contributed by atoms with Crippen molar-refractivity contribution >= 4 is 22.8 Å². The van der Waals surface area contributed by atoms with Crippen LogP contribution in [0.3, 0.4) is 0 Å². The number of fused-ring (bicyclic) bond motifs is 1. The third-order valence-corrected chi connectivity index (χ3v) is 4.63. The molecule has 0 radical (unpaired) electrons. The van der Waals surface area contributed by atoms with Crippen molar-refractivity contribution in [2.75, 3.05) is 13.6 Å². The van der Waals surface area contributed by atoms with Gasteiger partial charge in [-0.1, -0.05) is 31.2 Å². The summed E-state index contributed by atoms with van der Waals surface area (Å²) in [5.74, 6) is -0.0580. The number of hydrogen-bond acceptors (Lipinski definition) is 4. The molecule has 24 heavy (non-hydrogen) atoms. The molecule has 1 N–H and O–H groups in total. The second-order valence-corrected chi connectivity index (χ2v) is 6.79. The summed E-state index contributed by atoms with van der Waals surface area (Å²) in [5, 5.41) is 11.5. The predicted octanol–water partition coefficient (Wildman–Crippen LogP) is 1.05. The molecule has 1 aliphatic heterocycles. The van der Waals surface area contributed by atoms with Gasteiger partial charge in [0.2, 0.25) is 11.8 Å². The van der Waals surface area contributed by atoms with E-state index in [4.69, 9.17) is 0 Å². The molecule has 1 saturated heterocycles. The van der Waals surface area contributed by atoms with E-state index < -0.39 is 0 Å². The first-order chi connectivity index (χ1) is 11.5. The van der Waals surface area contributed by atoms with Crippen molar-refractivity contribution in [3.05, 3.63) is 24.3 Å². The lowest BCUT2D eigenvalue weighted by Crippen LogP contribution is -2.44. The lowest BCUT2D eigenvalue weighted by molar-refractivity contribution is -0.128. The highest BCUT2D eigenvalue weighted by Crippen LogP contribution is 2.18. The molecule has 1 aromatic heterocycles. The third kappa shape index (κ3) is 3.25. The molecule has 2 aromatic rings. The maximum absolute atomic E-state index is 12.5. The number of amides is 2. The lowest BCUT2D eigenvalue weighted by Gasteiger charge is -2.24. The molecular weight excluding hydrogens is 306 g/mol. The fourth-order valence-corrected chi connectivity index (χ4v) is 3.00. The van der Waals surface area contributed by atoms with Gasteiger partial charge in [-0.25, -0.2) is 4.68 Å². The maximum Gasteiger partial charge on any atom is 0.225 e. The van der Waals surface area contributed by atoms with Gasteiger partial charge < -0.3 is 10.2 Å². The molecule has 7 nitrogen and oxygen atoms in total. The van der Waals surface area contributed by atoms with Crippen LogP contribution in [0.1, 0.15) is 20.3 Å². The molecule has 1 aliphatic rings. The van der Waals surface area contributed by atoms with Crippen LogP contribution in [0.25, 0.3) is 11.0 Å². The fourth-order valence-electron chi connectivity index (χ4n) is 3.00. The molecule has 0 bridgehead atoms. The number of carbonyl (C=O) groups is 2. The summed E-state index contributed by atoms with van der Waals surface area (Å²) in [6, 6.07) is 7.70. The van der Waals surface area contributed by atoms with Crippen LogP contribution in [0.2, 0.25) is 0 Å². The van der Waals surface area contributed by atoms with E-state index in [-0.39, 0.29) is 29.7 Å². The highest BCUT2D eigenvalue weighted by atomic mass is 16.2.